The summed E-state index contributed by atoms with van der Waals surface area (Å²) in [6, 6.07) is 16.3. The van der Waals surface area contributed by atoms with Crippen LogP contribution in [0.15, 0.2) is 52.9 Å². The van der Waals surface area contributed by atoms with Crippen molar-refractivity contribution in [1.29, 1.82) is 0 Å². The average molecular weight is 392 g/mol. The van der Waals surface area contributed by atoms with E-state index in [-0.39, 0.29) is 5.91 Å². The number of nitrogens with one attached hydrogen (secondary N) is 1. The van der Waals surface area contributed by atoms with Gasteiger partial charge in [-0.1, -0.05) is 25.1 Å². The van der Waals surface area contributed by atoms with Gasteiger partial charge in [-0.05, 0) is 50.2 Å². The molecule has 0 saturated carbocycles. The second-order valence-corrected chi connectivity index (χ2v) is 7.82. The van der Waals surface area contributed by atoms with Crippen molar-refractivity contribution >= 4 is 28.3 Å². The lowest BCUT2D eigenvalue weighted by Crippen LogP contribution is -2.30. The lowest BCUT2D eigenvalue weighted by atomic mass is 10.1. The molecule has 0 aliphatic carbocycles. The Kier molecular flexibility index (Phi) is 5.86. The number of likely N-dealkylation sites (N-methyl/N-ethyl adjacent to an activating group) is 1. The first kappa shape index (κ1) is 19.5. The van der Waals surface area contributed by atoms with Crippen molar-refractivity contribution in [2.45, 2.75) is 32.7 Å². The lowest BCUT2D eigenvalue weighted by Gasteiger charge is -2.19. The van der Waals surface area contributed by atoms with E-state index < -0.39 is 0 Å². The summed E-state index contributed by atoms with van der Waals surface area (Å²) in [5.74, 6) is 0.989. The molecule has 1 fully saturated rings. The van der Waals surface area contributed by atoms with E-state index in [2.05, 4.69) is 35.3 Å². The molecule has 0 unspecified atom stereocenters. The predicted octanol–water partition coefficient (Wildman–Crippen LogP) is 4.67. The van der Waals surface area contributed by atoms with E-state index in [1.54, 1.807) is 0 Å². The van der Waals surface area contributed by atoms with Crippen LogP contribution in [0.3, 0.4) is 0 Å². The van der Waals surface area contributed by atoms with Crippen LogP contribution in [-0.4, -0.2) is 37.5 Å². The van der Waals surface area contributed by atoms with Crippen molar-refractivity contribution in [3.8, 4) is 0 Å². The van der Waals surface area contributed by atoms with Gasteiger partial charge in [0.05, 0.1) is 6.54 Å². The fourth-order valence-corrected chi connectivity index (χ4v) is 4.11. The van der Waals surface area contributed by atoms with Crippen molar-refractivity contribution in [3.05, 3.63) is 59.9 Å². The van der Waals surface area contributed by atoms with Crippen LogP contribution in [0, 0.1) is 0 Å². The van der Waals surface area contributed by atoms with E-state index in [1.165, 1.54) is 24.1 Å². The van der Waals surface area contributed by atoms with Gasteiger partial charge in [0.15, 0.2) is 0 Å². The van der Waals surface area contributed by atoms with Gasteiger partial charge < -0.3 is 14.6 Å². The summed E-state index contributed by atoms with van der Waals surface area (Å²) in [5, 5.41) is 4.15. The van der Waals surface area contributed by atoms with Crippen molar-refractivity contribution in [1.82, 2.24) is 4.90 Å². The molecule has 2 heterocycles. The Hall–Kier alpha value is -2.79. The van der Waals surface area contributed by atoms with Crippen molar-refractivity contribution in [2.24, 2.45) is 0 Å². The molecule has 1 saturated heterocycles. The highest BCUT2D eigenvalue weighted by atomic mass is 16.3. The number of anilines is 2. The first-order valence-electron chi connectivity index (χ1n) is 10.5. The maximum atomic E-state index is 12.5. The number of para-hydroxylation sites is 1. The summed E-state index contributed by atoms with van der Waals surface area (Å²) in [5.41, 5.74) is 4.16. The molecule has 1 amide bonds. The summed E-state index contributed by atoms with van der Waals surface area (Å²) >= 11 is 0. The first-order chi connectivity index (χ1) is 14.1. The van der Waals surface area contributed by atoms with Crippen LogP contribution in [0.25, 0.3) is 11.0 Å². The van der Waals surface area contributed by atoms with Gasteiger partial charge in [0, 0.05) is 48.4 Å². The van der Waals surface area contributed by atoms with E-state index in [0.717, 1.165) is 41.9 Å². The smallest absolute Gasteiger partial charge is 0.238 e. The van der Waals surface area contributed by atoms with Gasteiger partial charge in [-0.15, -0.1) is 0 Å². The Morgan fingerprint density at radius 3 is 2.55 bits per heavy atom. The third kappa shape index (κ3) is 4.46. The summed E-state index contributed by atoms with van der Waals surface area (Å²) in [7, 11) is 1.97. The number of hydrogen-bond donors (Lipinski definition) is 1. The fourth-order valence-electron chi connectivity index (χ4n) is 4.11. The molecule has 152 valence electrons. The van der Waals surface area contributed by atoms with E-state index >= 15 is 0 Å². The van der Waals surface area contributed by atoms with Gasteiger partial charge in [-0.3, -0.25) is 9.69 Å². The SMILES string of the molecule is CCc1oc2ccccc2c1CN(C)CC(=O)Nc1ccc(N2CCCC2)cc1. The molecule has 0 radical (unpaired) electrons. The molecule has 1 N–H and O–H groups in total. The molecule has 1 aromatic heterocycles. The minimum Gasteiger partial charge on any atom is -0.461 e. The molecule has 4 rings (SSSR count). The van der Waals surface area contributed by atoms with Crippen LogP contribution in [0.2, 0.25) is 0 Å². The fraction of sp³-hybridized carbons (Fsp3) is 0.375. The van der Waals surface area contributed by atoms with Crippen molar-refractivity contribution in [2.75, 3.05) is 36.9 Å². The number of carbonyl (C=O) groups excluding carboxylic acids is 1. The molecular formula is C24H29N3O2. The van der Waals surface area contributed by atoms with Crippen LogP contribution in [0.5, 0.6) is 0 Å². The Morgan fingerprint density at radius 2 is 1.83 bits per heavy atom. The summed E-state index contributed by atoms with van der Waals surface area (Å²) in [6.07, 6.45) is 3.36. The van der Waals surface area contributed by atoms with Crippen molar-refractivity contribution < 1.29 is 9.21 Å². The van der Waals surface area contributed by atoms with Crippen LogP contribution in [0.4, 0.5) is 11.4 Å². The van der Waals surface area contributed by atoms with Gasteiger partial charge in [-0.25, -0.2) is 0 Å². The van der Waals surface area contributed by atoms with Crippen LogP contribution in [-0.2, 0) is 17.8 Å². The average Bonchev–Trinajstić information content (AvgIpc) is 3.37. The monoisotopic (exact) mass is 391 g/mol. The molecular weight excluding hydrogens is 362 g/mol. The predicted molar refractivity (Wildman–Crippen MR) is 118 cm³/mol. The Balaban J connectivity index is 1.36. The van der Waals surface area contributed by atoms with Gasteiger partial charge in [0.25, 0.3) is 0 Å². The van der Waals surface area contributed by atoms with E-state index in [4.69, 9.17) is 4.42 Å². The summed E-state index contributed by atoms with van der Waals surface area (Å²) in [4.78, 5) is 16.9. The third-order valence-electron chi connectivity index (χ3n) is 5.57. The van der Waals surface area contributed by atoms with Gasteiger partial charge in [0.1, 0.15) is 11.3 Å². The number of amides is 1. The zero-order valence-corrected chi connectivity index (χ0v) is 17.3. The molecule has 0 spiro atoms. The zero-order chi connectivity index (χ0) is 20.2. The Labute approximate surface area is 172 Å². The molecule has 0 atom stereocenters. The number of hydrogen-bond acceptors (Lipinski definition) is 4. The van der Waals surface area contributed by atoms with Gasteiger partial charge >= 0.3 is 0 Å². The maximum Gasteiger partial charge on any atom is 0.238 e. The molecule has 29 heavy (non-hydrogen) atoms. The minimum atomic E-state index is -0.00716. The second kappa shape index (κ2) is 8.70. The molecule has 5 heteroatoms. The Morgan fingerprint density at radius 1 is 1.10 bits per heavy atom. The Bertz CT molecular complexity index is 971. The van der Waals surface area contributed by atoms with Gasteiger partial charge in [0.2, 0.25) is 5.91 Å². The third-order valence-corrected chi connectivity index (χ3v) is 5.57. The van der Waals surface area contributed by atoms with E-state index in [9.17, 15) is 4.79 Å². The molecule has 0 bridgehead atoms. The molecule has 1 aliphatic heterocycles. The number of rotatable bonds is 7. The molecule has 1 aliphatic rings. The van der Waals surface area contributed by atoms with Crippen LogP contribution in [0.1, 0.15) is 31.1 Å². The number of nitrogens with zero attached hydrogens (tertiary/aromatic N) is 2. The molecule has 3 aromatic rings. The molecule has 5 nitrogen and oxygen atoms in total. The standard InChI is InChI=1S/C24H29N3O2/c1-3-22-21(20-8-4-5-9-23(20)29-22)16-26(2)17-24(28)25-18-10-12-19(13-11-18)27-14-6-7-15-27/h4-5,8-13H,3,6-7,14-17H2,1-2H3,(H,25,28). The number of fused-ring (bicyclic) bond motifs is 1. The van der Waals surface area contributed by atoms with Gasteiger partial charge in [-0.2, -0.15) is 0 Å². The normalized spacial score (nSPS) is 14.1. The van der Waals surface area contributed by atoms with Crippen LogP contribution >= 0.6 is 0 Å². The van der Waals surface area contributed by atoms with E-state index in [1.807, 2.05) is 42.3 Å². The highest BCUT2D eigenvalue weighted by Crippen LogP contribution is 2.27. The summed E-state index contributed by atoms with van der Waals surface area (Å²) < 4.78 is 5.97. The number of furan rings is 1. The topological polar surface area (TPSA) is 48.7 Å². The second-order valence-electron chi connectivity index (χ2n) is 7.82. The van der Waals surface area contributed by atoms with E-state index in [0.29, 0.717) is 13.1 Å². The number of carbonyl (C=O) groups is 1. The number of benzene rings is 2. The highest BCUT2D eigenvalue weighted by molar-refractivity contribution is 5.92. The summed E-state index contributed by atoms with van der Waals surface area (Å²) in [6.45, 7) is 5.36. The number of aryl methyl sites for hydroxylation is 1. The quantitative estimate of drug-likeness (QED) is 0.636. The van der Waals surface area contributed by atoms with Crippen LogP contribution < -0.4 is 10.2 Å². The molecule has 2 aromatic carbocycles. The highest BCUT2D eigenvalue weighted by Gasteiger charge is 2.16. The maximum absolute atomic E-state index is 12.5. The largest absolute Gasteiger partial charge is 0.461 e. The minimum absolute atomic E-state index is 0.00716. The first-order valence-corrected chi connectivity index (χ1v) is 10.5. The van der Waals surface area contributed by atoms with Crippen molar-refractivity contribution in [3.63, 3.8) is 0 Å². The lowest BCUT2D eigenvalue weighted by molar-refractivity contribution is -0.117. The zero-order valence-electron chi connectivity index (χ0n) is 17.3.